The molecule has 7 heteroatoms. The fourth-order valence-electron chi connectivity index (χ4n) is 4.58. The van der Waals surface area contributed by atoms with Crippen LogP contribution in [0.5, 0.6) is 11.5 Å². The number of rotatable bonds is 5. The molecule has 0 spiro atoms. The number of hydrogen-bond donors (Lipinski definition) is 1. The van der Waals surface area contributed by atoms with Gasteiger partial charge in [-0.2, -0.15) is 5.10 Å². The summed E-state index contributed by atoms with van der Waals surface area (Å²) in [5.41, 5.74) is 3.62. The number of fused-ring (bicyclic) bond motifs is 2. The number of benzene rings is 3. The first-order chi connectivity index (χ1) is 16.6. The van der Waals surface area contributed by atoms with E-state index < -0.39 is 0 Å². The summed E-state index contributed by atoms with van der Waals surface area (Å²) < 4.78 is 5.48. The molecule has 1 unspecified atom stereocenters. The van der Waals surface area contributed by atoms with E-state index in [0.717, 1.165) is 43.2 Å². The van der Waals surface area contributed by atoms with Crippen LogP contribution in [0.1, 0.15) is 29.7 Å². The highest BCUT2D eigenvalue weighted by Crippen LogP contribution is 2.43. The molecule has 0 saturated carbocycles. The van der Waals surface area contributed by atoms with Gasteiger partial charge in [-0.05, 0) is 72.5 Å². The first-order valence-corrected chi connectivity index (χ1v) is 12.8. The maximum Gasteiger partial charge on any atom is 0.161 e. The average molecular weight is 494 g/mol. The molecule has 2 heterocycles. The fraction of sp³-hybridized carbons (Fsp3) is 0.296. The van der Waals surface area contributed by atoms with Gasteiger partial charge in [-0.3, -0.25) is 9.91 Å². The van der Waals surface area contributed by atoms with Gasteiger partial charge in [-0.25, -0.2) is 0 Å². The quantitative estimate of drug-likeness (QED) is 0.452. The van der Waals surface area contributed by atoms with E-state index in [2.05, 4.69) is 46.3 Å². The predicted octanol–water partition coefficient (Wildman–Crippen LogP) is 5.84. The minimum absolute atomic E-state index is 0.149. The monoisotopic (exact) mass is 493 g/mol. The van der Waals surface area contributed by atoms with Gasteiger partial charge < -0.3 is 9.84 Å². The molecular weight excluding hydrogens is 466 g/mol. The number of phenolic OH excluding ortho intramolecular Hbond substituents is 1. The Hall–Kier alpha value is -2.67. The summed E-state index contributed by atoms with van der Waals surface area (Å²) in [6, 6.07) is 20.6. The van der Waals surface area contributed by atoms with Gasteiger partial charge in [0.15, 0.2) is 11.5 Å². The topological polar surface area (TPSA) is 48.3 Å². The van der Waals surface area contributed by atoms with E-state index in [0.29, 0.717) is 18.4 Å². The zero-order chi connectivity index (χ0) is 23.5. The summed E-state index contributed by atoms with van der Waals surface area (Å²) in [6.07, 6.45) is 2.82. The van der Waals surface area contributed by atoms with Crippen LogP contribution in [0, 0.1) is 0 Å². The van der Waals surface area contributed by atoms with Gasteiger partial charge in [0.1, 0.15) is 0 Å². The second kappa shape index (κ2) is 10.3. The van der Waals surface area contributed by atoms with E-state index in [-0.39, 0.29) is 5.75 Å². The normalized spacial score (nSPS) is 18.4. The van der Waals surface area contributed by atoms with Crippen LogP contribution in [0.2, 0.25) is 5.02 Å². The third-order valence-corrected chi connectivity index (χ3v) is 7.77. The molecule has 2 aliphatic rings. The zero-order valence-electron chi connectivity index (χ0n) is 19.2. The Bertz CT molecular complexity index is 1190. The van der Waals surface area contributed by atoms with E-state index >= 15 is 0 Å². The van der Waals surface area contributed by atoms with Crippen LogP contribution in [0.4, 0.5) is 0 Å². The van der Waals surface area contributed by atoms with Crippen LogP contribution in [-0.2, 0) is 6.42 Å². The van der Waals surface area contributed by atoms with Crippen LogP contribution in [-0.4, -0.2) is 54.0 Å². The number of ether oxygens (including phenoxy) is 1. The van der Waals surface area contributed by atoms with Crippen LogP contribution < -0.4 is 4.74 Å². The Morgan fingerprint density at radius 1 is 1.06 bits per heavy atom. The second-order valence-corrected chi connectivity index (χ2v) is 10.0. The maximum atomic E-state index is 9.91. The molecule has 1 N–H and O–H groups in total. The largest absolute Gasteiger partial charge is 0.504 e. The van der Waals surface area contributed by atoms with E-state index in [4.69, 9.17) is 21.4 Å². The summed E-state index contributed by atoms with van der Waals surface area (Å²) in [7, 11) is 0. The SMILES string of the molecule is CCOc1cc(/C=N/N2CCN(C3Cc4ccccc4Sc4ccc(Cl)cc43)CC2)ccc1O. The Kier molecular flexibility index (Phi) is 6.99. The Morgan fingerprint density at radius 3 is 2.71 bits per heavy atom. The lowest BCUT2D eigenvalue weighted by Gasteiger charge is -2.38. The average Bonchev–Trinajstić information content (AvgIpc) is 3.01. The Morgan fingerprint density at radius 2 is 1.88 bits per heavy atom. The number of aromatic hydroxyl groups is 1. The van der Waals surface area contributed by atoms with Crippen molar-refractivity contribution in [2.75, 3.05) is 32.8 Å². The van der Waals surface area contributed by atoms with Crippen molar-refractivity contribution in [1.82, 2.24) is 9.91 Å². The predicted molar refractivity (Wildman–Crippen MR) is 138 cm³/mol. The van der Waals surface area contributed by atoms with Gasteiger partial charge in [0.05, 0.1) is 12.8 Å². The maximum absolute atomic E-state index is 9.91. The van der Waals surface area contributed by atoms with E-state index in [9.17, 15) is 5.11 Å². The highest BCUT2D eigenvalue weighted by Gasteiger charge is 2.30. The molecule has 3 aromatic carbocycles. The first-order valence-electron chi connectivity index (χ1n) is 11.6. The molecule has 34 heavy (non-hydrogen) atoms. The molecule has 1 fully saturated rings. The van der Waals surface area contributed by atoms with Crippen LogP contribution in [0.25, 0.3) is 0 Å². The highest BCUT2D eigenvalue weighted by molar-refractivity contribution is 7.99. The molecule has 2 aliphatic heterocycles. The van der Waals surface area contributed by atoms with Gasteiger partial charge in [0, 0.05) is 47.0 Å². The molecule has 0 aliphatic carbocycles. The summed E-state index contributed by atoms with van der Waals surface area (Å²) >= 11 is 8.27. The van der Waals surface area contributed by atoms with Gasteiger partial charge in [-0.15, -0.1) is 0 Å². The van der Waals surface area contributed by atoms with Crippen molar-refractivity contribution in [2.24, 2.45) is 5.10 Å². The Balaban J connectivity index is 1.30. The number of phenols is 1. The number of piperazine rings is 1. The molecule has 5 rings (SSSR count). The van der Waals surface area contributed by atoms with Crippen molar-refractivity contribution < 1.29 is 9.84 Å². The molecule has 3 aromatic rings. The smallest absolute Gasteiger partial charge is 0.161 e. The van der Waals surface area contributed by atoms with E-state index in [1.807, 2.05) is 43.1 Å². The highest BCUT2D eigenvalue weighted by atomic mass is 35.5. The first kappa shape index (κ1) is 23.1. The van der Waals surface area contributed by atoms with Crippen LogP contribution in [0.15, 0.2) is 75.6 Å². The van der Waals surface area contributed by atoms with Crippen molar-refractivity contribution >= 4 is 29.6 Å². The number of hydrazone groups is 1. The summed E-state index contributed by atoms with van der Waals surface area (Å²) in [6.45, 7) is 5.98. The standard InChI is InChI=1S/C27H28ClN3O2S/c1-2-33-25-15-19(7-9-24(25)32)18-29-31-13-11-30(12-14-31)23-16-20-5-3-4-6-26(20)34-27-10-8-21(28)17-22(23)27/h3-10,15,17-18,23,32H,2,11-14,16H2,1H3/b29-18+. The van der Waals surface area contributed by atoms with Gasteiger partial charge >= 0.3 is 0 Å². The molecule has 176 valence electrons. The molecule has 1 atom stereocenters. The molecular formula is C27H28ClN3O2S. The van der Waals surface area contributed by atoms with Crippen LogP contribution >= 0.6 is 23.4 Å². The van der Waals surface area contributed by atoms with Crippen LogP contribution in [0.3, 0.4) is 0 Å². The van der Waals surface area contributed by atoms with Gasteiger partial charge in [-0.1, -0.05) is 41.6 Å². The Labute approximate surface area is 210 Å². The summed E-state index contributed by atoms with van der Waals surface area (Å²) in [5.74, 6) is 0.635. The summed E-state index contributed by atoms with van der Waals surface area (Å²) in [5, 5.41) is 17.5. The fourth-order valence-corrected chi connectivity index (χ4v) is 5.87. The molecule has 0 aromatic heterocycles. The lowest BCUT2D eigenvalue weighted by molar-refractivity contribution is 0.0970. The van der Waals surface area contributed by atoms with Crippen molar-refractivity contribution in [3.63, 3.8) is 0 Å². The minimum atomic E-state index is 0.149. The van der Waals surface area contributed by atoms with Crippen molar-refractivity contribution in [3.05, 3.63) is 82.4 Å². The third-order valence-electron chi connectivity index (χ3n) is 6.32. The second-order valence-electron chi connectivity index (χ2n) is 8.51. The molecule has 0 radical (unpaired) electrons. The number of halogens is 1. The molecule has 1 saturated heterocycles. The van der Waals surface area contributed by atoms with Gasteiger partial charge in [0.25, 0.3) is 0 Å². The lowest BCUT2D eigenvalue weighted by Crippen LogP contribution is -2.46. The van der Waals surface area contributed by atoms with Crippen molar-refractivity contribution in [3.8, 4) is 11.5 Å². The van der Waals surface area contributed by atoms with E-state index in [1.165, 1.54) is 20.9 Å². The van der Waals surface area contributed by atoms with Crippen molar-refractivity contribution in [2.45, 2.75) is 29.2 Å². The van der Waals surface area contributed by atoms with Crippen molar-refractivity contribution in [1.29, 1.82) is 0 Å². The minimum Gasteiger partial charge on any atom is -0.504 e. The van der Waals surface area contributed by atoms with E-state index in [1.54, 1.807) is 6.07 Å². The summed E-state index contributed by atoms with van der Waals surface area (Å²) in [4.78, 5) is 5.19. The molecule has 5 nitrogen and oxygen atoms in total. The lowest BCUT2D eigenvalue weighted by atomic mass is 9.97. The molecule has 0 amide bonds. The number of hydrogen-bond acceptors (Lipinski definition) is 6. The third kappa shape index (κ3) is 5.04. The van der Waals surface area contributed by atoms with Gasteiger partial charge in [0.2, 0.25) is 0 Å². The molecule has 0 bridgehead atoms. The number of nitrogens with zero attached hydrogens (tertiary/aromatic N) is 3. The zero-order valence-corrected chi connectivity index (χ0v) is 20.7.